The van der Waals surface area contributed by atoms with E-state index in [9.17, 15) is 4.79 Å². The first-order valence-electron chi connectivity index (χ1n) is 6.46. The van der Waals surface area contributed by atoms with Gasteiger partial charge >= 0.3 is 0 Å². The van der Waals surface area contributed by atoms with Crippen molar-refractivity contribution in [1.82, 2.24) is 0 Å². The summed E-state index contributed by atoms with van der Waals surface area (Å²) in [5.74, 6) is 0.209. The van der Waals surface area contributed by atoms with Gasteiger partial charge in [-0.15, -0.1) is 0 Å². The zero-order valence-electron chi connectivity index (χ0n) is 11.2. The van der Waals surface area contributed by atoms with Crippen LogP contribution in [0, 0.1) is 0 Å². The molecule has 2 aromatic carbocycles. The van der Waals surface area contributed by atoms with Gasteiger partial charge in [-0.2, -0.15) is 0 Å². The van der Waals surface area contributed by atoms with Gasteiger partial charge in [0.15, 0.2) is 0 Å². The zero-order chi connectivity index (χ0) is 13.1. The fourth-order valence-corrected chi connectivity index (χ4v) is 2.35. The predicted molar refractivity (Wildman–Crippen MR) is 74.8 cm³/mol. The summed E-state index contributed by atoms with van der Waals surface area (Å²) in [5.41, 5.74) is 0.831. The molecule has 0 unspecified atom stereocenters. The van der Waals surface area contributed by atoms with Crippen molar-refractivity contribution >= 4 is 16.6 Å². The van der Waals surface area contributed by atoms with Crippen LogP contribution < -0.4 is 5.32 Å². The van der Waals surface area contributed by atoms with Gasteiger partial charge in [0, 0.05) is 5.56 Å². The summed E-state index contributed by atoms with van der Waals surface area (Å²) in [7, 11) is 0. The number of hydrogen-bond acceptors (Lipinski definition) is 1. The minimum atomic E-state index is -0.0317. The summed E-state index contributed by atoms with van der Waals surface area (Å²) >= 11 is 0. The lowest BCUT2D eigenvalue weighted by atomic mass is 9.98. The van der Waals surface area contributed by atoms with E-state index in [2.05, 4.69) is 19.2 Å². The van der Waals surface area contributed by atoms with E-state index in [4.69, 9.17) is 0 Å². The second-order valence-corrected chi connectivity index (χ2v) is 5.12. The van der Waals surface area contributed by atoms with Crippen LogP contribution in [0.4, 0.5) is 0 Å². The van der Waals surface area contributed by atoms with Gasteiger partial charge in [0.2, 0.25) is 5.78 Å². The number of benzene rings is 2. The molecule has 94 valence electrons. The molecule has 0 saturated heterocycles. The summed E-state index contributed by atoms with van der Waals surface area (Å²) in [6.45, 7) is 6.18. The van der Waals surface area contributed by atoms with Gasteiger partial charge in [-0.3, -0.25) is 4.79 Å². The van der Waals surface area contributed by atoms with Gasteiger partial charge < -0.3 is 5.32 Å². The maximum atomic E-state index is 12.5. The Morgan fingerprint density at radius 3 is 2.39 bits per heavy atom. The predicted octanol–water partition coefficient (Wildman–Crippen LogP) is 2.38. The van der Waals surface area contributed by atoms with Gasteiger partial charge in [0.25, 0.3) is 0 Å². The van der Waals surface area contributed by atoms with Crippen LogP contribution in [0.1, 0.15) is 31.1 Å². The molecule has 0 aliphatic heterocycles. The molecule has 2 N–H and O–H groups in total. The summed E-state index contributed by atoms with van der Waals surface area (Å²) < 4.78 is 0. The van der Waals surface area contributed by atoms with Crippen LogP contribution in [0.2, 0.25) is 0 Å². The quantitative estimate of drug-likeness (QED) is 0.821. The van der Waals surface area contributed by atoms with E-state index in [0.717, 1.165) is 16.3 Å². The maximum absolute atomic E-state index is 12.5. The average molecular weight is 242 g/mol. The number of quaternary nitrogens is 1. The molecular formula is C16H20NO+. The Morgan fingerprint density at radius 1 is 1.00 bits per heavy atom. The van der Waals surface area contributed by atoms with Crippen molar-refractivity contribution in [2.24, 2.45) is 0 Å². The molecule has 0 amide bonds. The molecule has 2 aromatic rings. The second kappa shape index (κ2) is 5.32. The molecule has 1 atom stereocenters. The molecule has 0 fully saturated rings. The first kappa shape index (κ1) is 12.8. The summed E-state index contributed by atoms with van der Waals surface area (Å²) in [6, 6.07) is 14.4. The molecule has 0 aliphatic carbocycles. The second-order valence-electron chi connectivity index (χ2n) is 5.12. The van der Waals surface area contributed by atoms with Crippen LogP contribution in [0.5, 0.6) is 0 Å². The maximum Gasteiger partial charge on any atom is 0.220 e. The lowest BCUT2D eigenvalue weighted by Gasteiger charge is -2.13. The largest absolute Gasteiger partial charge is 0.336 e. The van der Waals surface area contributed by atoms with Crippen LogP contribution in [-0.4, -0.2) is 17.9 Å². The van der Waals surface area contributed by atoms with Crippen molar-refractivity contribution in [3.05, 3.63) is 48.0 Å². The fourth-order valence-electron chi connectivity index (χ4n) is 2.35. The van der Waals surface area contributed by atoms with Crippen LogP contribution in [-0.2, 0) is 0 Å². The highest BCUT2D eigenvalue weighted by Crippen LogP contribution is 2.19. The minimum Gasteiger partial charge on any atom is -0.336 e. The summed E-state index contributed by atoms with van der Waals surface area (Å²) in [5, 5.41) is 4.28. The number of carbonyl (C=O) groups is 1. The Bertz CT molecular complexity index is 555. The third kappa shape index (κ3) is 2.59. The van der Waals surface area contributed by atoms with Crippen LogP contribution in [0.25, 0.3) is 10.8 Å². The monoisotopic (exact) mass is 242 g/mol. The number of rotatable bonds is 4. The van der Waals surface area contributed by atoms with E-state index in [1.807, 2.05) is 49.4 Å². The van der Waals surface area contributed by atoms with E-state index < -0.39 is 0 Å². The van der Waals surface area contributed by atoms with Crippen molar-refractivity contribution in [3.63, 3.8) is 0 Å². The van der Waals surface area contributed by atoms with Crippen molar-refractivity contribution in [2.45, 2.75) is 32.9 Å². The van der Waals surface area contributed by atoms with Crippen molar-refractivity contribution in [3.8, 4) is 0 Å². The third-order valence-corrected chi connectivity index (χ3v) is 3.14. The zero-order valence-corrected chi connectivity index (χ0v) is 11.2. The molecule has 0 radical (unpaired) electrons. The van der Waals surface area contributed by atoms with E-state index in [1.54, 1.807) is 0 Å². The highest BCUT2D eigenvalue weighted by Gasteiger charge is 2.20. The number of fused-ring (bicyclic) bond motifs is 1. The number of nitrogens with two attached hydrogens (primary N) is 1. The topological polar surface area (TPSA) is 33.7 Å². The Morgan fingerprint density at radius 2 is 1.67 bits per heavy atom. The van der Waals surface area contributed by atoms with Gasteiger partial charge in [0.05, 0.1) is 6.04 Å². The first-order chi connectivity index (χ1) is 8.59. The Labute approximate surface area is 108 Å². The fraction of sp³-hybridized carbons (Fsp3) is 0.312. The Kier molecular flexibility index (Phi) is 3.78. The van der Waals surface area contributed by atoms with E-state index >= 15 is 0 Å². The van der Waals surface area contributed by atoms with Crippen LogP contribution in [0.15, 0.2) is 42.5 Å². The molecule has 0 heterocycles. The molecule has 0 aliphatic rings. The van der Waals surface area contributed by atoms with Crippen molar-refractivity contribution < 1.29 is 10.1 Å². The van der Waals surface area contributed by atoms with Gasteiger partial charge in [-0.1, -0.05) is 42.5 Å². The normalized spacial score (nSPS) is 12.9. The number of hydrogen-bond donors (Lipinski definition) is 1. The Balaban J connectivity index is 2.39. The standard InChI is InChI=1S/C16H19NO/c1-11(2)17-12(3)16(18)15-10-6-8-13-7-4-5-9-14(13)15/h4-12,17H,1-3H3/p+1/t12-/m1/s1. The molecule has 0 saturated carbocycles. The molecule has 2 rings (SSSR count). The van der Waals surface area contributed by atoms with Gasteiger partial charge in [0.1, 0.15) is 6.04 Å². The smallest absolute Gasteiger partial charge is 0.220 e. The van der Waals surface area contributed by atoms with Gasteiger partial charge in [-0.25, -0.2) is 0 Å². The molecule has 18 heavy (non-hydrogen) atoms. The highest BCUT2D eigenvalue weighted by molar-refractivity contribution is 6.09. The minimum absolute atomic E-state index is 0.0317. The number of carbonyl (C=O) groups excluding carboxylic acids is 1. The van der Waals surface area contributed by atoms with Crippen LogP contribution in [0.3, 0.4) is 0 Å². The molecule has 0 spiro atoms. The van der Waals surface area contributed by atoms with Crippen LogP contribution >= 0.6 is 0 Å². The SMILES string of the molecule is CC(C)[NH2+][C@H](C)C(=O)c1cccc2ccccc12. The Hall–Kier alpha value is -1.67. The number of ketones is 1. The molecule has 2 nitrogen and oxygen atoms in total. The van der Waals surface area contributed by atoms with Crippen molar-refractivity contribution in [2.75, 3.05) is 0 Å². The lowest BCUT2D eigenvalue weighted by Crippen LogP contribution is -2.94. The van der Waals surface area contributed by atoms with E-state index in [-0.39, 0.29) is 11.8 Å². The first-order valence-corrected chi connectivity index (χ1v) is 6.46. The summed E-state index contributed by atoms with van der Waals surface area (Å²) in [4.78, 5) is 12.5. The number of Topliss-reactive ketones (excluding diaryl/α,β-unsaturated/α-hetero) is 1. The molecule has 0 bridgehead atoms. The van der Waals surface area contributed by atoms with E-state index in [1.165, 1.54) is 0 Å². The van der Waals surface area contributed by atoms with Gasteiger partial charge in [-0.05, 0) is 31.5 Å². The highest BCUT2D eigenvalue weighted by atomic mass is 16.1. The summed E-state index contributed by atoms with van der Waals surface area (Å²) in [6.07, 6.45) is 0. The molecule has 2 heteroatoms. The molecule has 0 aromatic heterocycles. The lowest BCUT2D eigenvalue weighted by molar-refractivity contribution is -0.699. The molecular weight excluding hydrogens is 222 g/mol. The third-order valence-electron chi connectivity index (χ3n) is 3.14. The van der Waals surface area contributed by atoms with E-state index in [0.29, 0.717) is 6.04 Å². The van der Waals surface area contributed by atoms with Crippen molar-refractivity contribution in [1.29, 1.82) is 0 Å². The average Bonchev–Trinajstić information content (AvgIpc) is 2.36.